The van der Waals surface area contributed by atoms with Crippen LogP contribution in [0.4, 0.5) is 5.69 Å². The summed E-state index contributed by atoms with van der Waals surface area (Å²) in [5.41, 5.74) is 4.06. The average molecular weight is 497 g/mol. The van der Waals surface area contributed by atoms with E-state index in [2.05, 4.69) is 10.0 Å². The van der Waals surface area contributed by atoms with Crippen molar-refractivity contribution in [3.8, 4) is 11.1 Å². The Balaban J connectivity index is 1.53. The molecule has 3 aromatic rings. The molecule has 0 bridgehead atoms. The van der Waals surface area contributed by atoms with Gasteiger partial charge in [0.1, 0.15) is 0 Å². The average Bonchev–Trinajstić information content (AvgIpc) is 2.83. The third-order valence-electron chi connectivity index (χ3n) is 6.48. The molecule has 34 heavy (non-hydrogen) atoms. The molecule has 0 unspecified atom stereocenters. The zero-order valence-electron chi connectivity index (χ0n) is 19.2. The Labute approximate surface area is 206 Å². The van der Waals surface area contributed by atoms with E-state index < -0.39 is 15.4 Å². The lowest BCUT2D eigenvalue weighted by molar-refractivity contribution is -0.122. The van der Waals surface area contributed by atoms with Gasteiger partial charge in [0.15, 0.2) is 0 Å². The number of anilines is 1. The molecule has 0 radical (unpaired) electrons. The van der Waals surface area contributed by atoms with Crippen LogP contribution in [0.1, 0.15) is 43.2 Å². The molecule has 1 fully saturated rings. The first-order valence-corrected chi connectivity index (χ1v) is 13.7. The Morgan fingerprint density at radius 1 is 0.912 bits per heavy atom. The monoisotopic (exact) mass is 496 g/mol. The third kappa shape index (κ3) is 5.87. The Morgan fingerprint density at radius 2 is 1.59 bits per heavy atom. The van der Waals surface area contributed by atoms with Gasteiger partial charge >= 0.3 is 0 Å². The third-order valence-corrected chi connectivity index (χ3v) is 7.41. The molecule has 0 aromatic heterocycles. The van der Waals surface area contributed by atoms with Crippen LogP contribution in [0.3, 0.4) is 0 Å². The first-order chi connectivity index (χ1) is 16.2. The molecule has 4 rings (SSSR count). The summed E-state index contributed by atoms with van der Waals surface area (Å²) in [5, 5.41) is 3.84. The summed E-state index contributed by atoms with van der Waals surface area (Å²) in [7, 11) is -3.24. The number of carbonyl (C=O) groups is 1. The zero-order chi connectivity index (χ0) is 24.2. The van der Waals surface area contributed by atoms with Crippen LogP contribution in [-0.4, -0.2) is 20.6 Å². The second-order valence-corrected chi connectivity index (χ2v) is 11.2. The summed E-state index contributed by atoms with van der Waals surface area (Å²) in [6, 6.07) is 23.2. The van der Waals surface area contributed by atoms with Gasteiger partial charge in [0.25, 0.3) is 0 Å². The Morgan fingerprint density at radius 3 is 2.24 bits per heavy atom. The predicted octanol–water partition coefficient (Wildman–Crippen LogP) is 5.90. The maximum Gasteiger partial charge on any atom is 0.235 e. The van der Waals surface area contributed by atoms with E-state index in [4.69, 9.17) is 11.6 Å². The molecular weight excluding hydrogens is 468 g/mol. The van der Waals surface area contributed by atoms with E-state index >= 15 is 0 Å². The van der Waals surface area contributed by atoms with Gasteiger partial charge in [-0.1, -0.05) is 79.4 Å². The molecule has 2 N–H and O–H groups in total. The van der Waals surface area contributed by atoms with Gasteiger partial charge in [-0.05, 0) is 59.4 Å². The van der Waals surface area contributed by atoms with Gasteiger partial charge in [-0.25, -0.2) is 13.1 Å². The van der Waals surface area contributed by atoms with E-state index in [9.17, 15) is 13.2 Å². The van der Waals surface area contributed by atoms with Crippen molar-refractivity contribution in [2.45, 2.75) is 44.1 Å². The lowest BCUT2D eigenvalue weighted by atomic mass is 9.68. The number of nitrogens with one attached hydrogen (secondary N) is 2. The summed E-state index contributed by atoms with van der Waals surface area (Å²) in [6.07, 6.45) is 5.98. The molecular formula is C27H29ClN2O3S. The van der Waals surface area contributed by atoms with E-state index in [1.165, 1.54) is 0 Å². The smallest absolute Gasteiger partial charge is 0.235 e. The van der Waals surface area contributed by atoms with Crippen molar-refractivity contribution in [3.05, 3.63) is 88.9 Å². The fraction of sp³-hybridized carbons (Fsp3) is 0.296. The highest BCUT2D eigenvalue weighted by molar-refractivity contribution is 7.88. The van der Waals surface area contributed by atoms with Crippen LogP contribution in [0.15, 0.2) is 72.8 Å². The summed E-state index contributed by atoms with van der Waals surface area (Å²) in [6.45, 7) is 0.252. The molecule has 0 heterocycles. The maximum atomic E-state index is 13.6. The minimum absolute atomic E-state index is 0.0221. The van der Waals surface area contributed by atoms with Gasteiger partial charge in [0.2, 0.25) is 15.9 Å². The SMILES string of the molecule is CS(=O)(=O)NCc1ccc(-c2cccc(NC(=O)C3(c4ccc(Cl)cc4)CCCCC3)c2)cc1. The quantitative estimate of drug-likeness (QED) is 0.427. The van der Waals surface area contributed by atoms with Crippen molar-refractivity contribution in [2.24, 2.45) is 0 Å². The van der Waals surface area contributed by atoms with Gasteiger partial charge in [0, 0.05) is 17.3 Å². The molecule has 0 aliphatic heterocycles. The molecule has 0 saturated heterocycles. The van der Waals surface area contributed by atoms with Gasteiger partial charge in [-0.3, -0.25) is 4.79 Å². The predicted molar refractivity (Wildman–Crippen MR) is 138 cm³/mol. The first kappa shape index (κ1) is 24.5. The molecule has 0 spiro atoms. The largest absolute Gasteiger partial charge is 0.325 e. The van der Waals surface area contributed by atoms with Crippen LogP contribution in [-0.2, 0) is 26.8 Å². The molecule has 0 atom stereocenters. The molecule has 3 aromatic carbocycles. The number of amides is 1. The molecule has 7 heteroatoms. The second kappa shape index (κ2) is 10.3. The maximum absolute atomic E-state index is 13.6. The van der Waals surface area contributed by atoms with Crippen LogP contribution < -0.4 is 10.0 Å². The van der Waals surface area contributed by atoms with Crippen LogP contribution in [0.5, 0.6) is 0 Å². The minimum Gasteiger partial charge on any atom is -0.325 e. The molecule has 1 amide bonds. The highest BCUT2D eigenvalue weighted by Gasteiger charge is 2.41. The topological polar surface area (TPSA) is 75.3 Å². The number of hydrogen-bond donors (Lipinski definition) is 2. The number of hydrogen-bond acceptors (Lipinski definition) is 3. The summed E-state index contributed by atoms with van der Waals surface area (Å²) < 4.78 is 25.1. The highest BCUT2D eigenvalue weighted by atomic mass is 35.5. The van der Waals surface area contributed by atoms with Gasteiger partial charge in [-0.15, -0.1) is 0 Å². The minimum atomic E-state index is -3.24. The fourth-order valence-electron chi connectivity index (χ4n) is 4.63. The van der Waals surface area contributed by atoms with Crippen molar-refractivity contribution in [1.82, 2.24) is 4.72 Å². The standard InChI is InChI=1S/C27H29ClN2O3S/c1-34(32,33)29-19-20-8-10-21(11-9-20)22-6-5-7-25(18-22)30-26(31)27(16-3-2-4-17-27)23-12-14-24(28)15-13-23/h5-15,18,29H,2-4,16-17,19H2,1H3,(H,30,31). The van der Waals surface area contributed by atoms with Crippen LogP contribution >= 0.6 is 11.6 Å². The lowest BCUT2D eigenvalue weighted by Crippen LogP contribution is -2.42. The molecule has 5 nitrogen and oxygen atoms in total. The van der Waals surface area contributed by atoms with Crippen LogP contribution in [0.2, 0.25) is 5.02 Å². The normalized spacial score (nSPS) is 15.6. The van der Waals surface area contributed by atoms with Gasteiger partial charge < -0.3 is 5.32 Å². The van der Waals surface area contributed by atoms with E-state index in [1.807, 2.05) is 72.8 Å². The summed E-state index contributed by atoms with van der Waals surface area (Å²) in [5.74, 6) is 0.0221. The van der Waals surface area contributed by atoms with E-state index in [0.29, 0.717) is 5.02 Å². The number of halogens is 1. The van der Waals surface area contributed by atoms with Crippen molar-refractivity contribution < 1.29 is 13.2 Å². The van der Waals surface area contributed by atoms with Gasteiger partial charge in [0.05, 0.1) is 11.7 Å². The number of carbonyl (C=O) groups excluding carboxylic acids is 1. The van der Waals surface area contributed by atoms with E-state index in [0.717, 1.165) is 66.3 Å². The van der Waals surface area contributed by atoms with Gasteiger partial charge in [-0.2, -0.15) is 0 Å². The Kier molecular flexibility index (Phi) is 7.41. The van der Waals surface area contributed by atoms with Crippen molar-refractivity contribution in [1.29, 1.82) is 0 Å². The molecule has 1 saturated carbocycles. The van der Waals surface area contributed by atoms with Crippen LogP contribution in [0, 0.1) is 0 Å². The number of sulfonamides is 1. The van der Waals surface area contributed by atoms with Crippen molar-refractivity contribution in [2.75, 3.05) is 11.6 Å². The molecule has 1 aliphatic carbocycles. The lowest BCUT2D eigenvalue weighted by Gasteiger charge is -2.36. The summed E-state index contributed by atoms with van der Waals surface area (Å²) in [4.78, 5) is 13.6. The van der Waals surface area contributed by atoms with Crippen molar-refractivity contribution in [3.63, 3.8) is 0 Å². The Hall–Kier alpha value is -2.67. The second-order valence-electron chi connectivity index (χ2n) is 8.97. The Bertz CT molecular complexity index is 1250. The van der Waals surface area contributed by atoms with E-state index in [-0.39, 0.29) is 12.5 Å². The zero-order valence-corrected chi connectivity index (χ0v) is 20.8. The number of benzene rings is 3. The molecule has 178 valence electrons. The van der Waals surface area contributed by atoms with E-state index in [1.54, 1.807) is 0 Å². The highest BCUT2D eigenvalue weighted by Crippen LogP contribution is 2.41. The number of rotatable bonds is 7. The first-order valence-electron chi connectivity index (χ1n) is 11.5. The fourth-order valence-corrected chi connectivity index (χ4v) is 5.18. The summed E-state index contributed by atoms with van der Waals surface area (Å²) >= 11 is 6.10. The molecule has 1 aliphatic rings. The van der Waals surface area contributed by atoms with Crippen LogP contribution in [0.25, 0.3) is 11.1 Å². The van der Waals surface area contributed by atoms with Crippen molar-refractivity contribution >= 4 is 33.2 Å².